The molecular formula is C21H22ClN3O4. The van der Waals surface area contributed by atoms with Gasteiger partial charge in [-0.15, -0.1) is 0 Å². The minimum Gasteiger partial charge on any atom is -0.477 e. The van der Waals surface area contributed by atoms with Gasteiger partial charge in [0.05, 0.1) is 29.4 Å². The summed E-state index contributed by atoms with van der Waals surface area (Å²) in [6, 6.07) is 13.6. The molecule has 29 heavy (non-hydrogen) atoms. The van der Waals surface area contributed by atoms with Crippen LogP contribution in [-0.2, 0) is 9.59 Å². The molecule has 2 aromatic rings. The van der Waals surface area contributed by atoms with Crippen LogP contribution in [0.3, 0.4) is 0 Å². The molecule has 1 heterocycles. The number of carbonyl (C=O) groups is 3. The van der Waals surface area contributed by atoms with Crippen molar-refractivity contribution in [2.75, 3.05) is 24.5 Å². The molecule has 0 bridgehead atoms. The van der Waals surface area contributed by atoms with Gasteiger partial charge in [-0.3, -0.25) is 14.4 Å². The fourth-order valence-corrected chi connectivity index (χ4v) is 3.18. The van der Waals surface area contributed by atoms with Gasteiger partial charge < -0.3 is 20.3 Å². The summed E-state index contributed by atoms with van der Waals surface area (Å²) in [7, 11) is 0. The summed E-state index contributed by atoms with van der Waals surface area (Å²) in [5.74, 6) is -0.627. The molecule has 0 aromatic heterocycles. The summed E-state index contributed by atoms with van der Waals surface area (Å²) in [5.41, 5.74) is 0.852. The molecule has 0 aliphatic carbocycles. The number of benzene rings is 2. The Labute approximate surface area is 174 Å². The third kappa shape index (κ3) is 4.86. The molecule has 1 aliphatic rings. The number of halogens is 1. The molecule has 3 amide bonds. The van der Waals surface area contributed by atoms with E-state index in [-0.39, 0.29) is 24.9 Å². The Morgan fingerprint density at radius 3 is 2.59 bits per heavy atom. The van der Waals surface area contributed by atoms with Gasteiger partial charge in [-0.05, 0) is 30.7 Å². The van der Waals surface area contributed by atoms with Crippen LogP contribution in [-0.4, -0.2) is 43.5 Å². The minimum absolute atomic E-state index is 0.0629. The maximum Gasteiger partial charge on any atom is 0.262 e. The first-order chi connectivity index (χ1) is 14.0. The second-order valence-corrected chi connectivity index (χ2v) is 6.94. The summed E-state index contributed by atoms with van der Waals surface area (Å²) in [6.45, 7) is 2.31. The van der Waals surface area contributed by atoms with Crippen molar-refractivity contribution < 1.29 is 19.1 Å². The molecule has 152 valence electrons. The number of hydrogen-bond donors (Lipinski definition) is 2. The molecule has 2 aromatic carbocycles. The summed E-state index contributed by atoms with van der Waals surface area (Å²) in [4.78, 5) is 39.0. The second kappa shape index (κ2) is 9.43. The number of amides is 3. The number of para-hydroxylation sites is 2. The normalized spacial score (nSPS) is 15.1. The standard InChI is InChI=1S/C21H22ClN3O4/c1-2-11-23-21(28)18-13-25(16-9-5-6-10-17(16)29-18)19(26)12-24-20(27)14-7-3-4-8-15(14)22/h3-10,18H,2,11-13H2,1H3,(H,23,28)(H,24,27)/t18-/m1/s1. The lowest BCUT2D eigenvalue weighted by Crippen LogP contribution is -2.52. The first-order valence-electron chi connectivity index (χ1n) is 9.37. The van der Waals surface area contributed by atoms with Crippen molar-refractivity contribution in [1.29, 1.82) is 0 Å². The number of fused-ring (bicyclic) bond motifs is 1. The number of ether oxygens (including phenoxy) is 1. The van der Waals surface area contributed by atoms with E-state index in [1.807, 2.05) is 6.92 Å². The van der Waals surface area contributed by atoms with Crippen LogP contribution >= 0.6 is 11.6 Å². The molecule has 0 fully saturated rings. The van der Waals surface area contributed by atoms with Gasteiger partial charge >= 0.3 is 0 Å². The van der Waals surface area contributed by atoms with Gasteiger partial charge in [-0.25, -0.2) is 0 Å². The quantitative estimate of drug-likeness (QED) is 0.758. The Hall–Kier alpha value is -3.06. The Balaban J connectivity index is 1.72. The summed E-state index contributed by atoms with van der Waals surface area (Å²) in [6.07, 6.45) is -0.0224. The zero-order valence-electron chi connectivity index (χ0n) is 16.0. The van der Waals surface area contributed by atoms with E-state index in [1.54, 1.807) is 48.5 Å². The first kappa shape index (κ1) is 20.7. The topological polar surface area (TPSA) is 87.7 Å². The highest BCUT2D eigenvalue weighted by Crippen LogP contribution is 2.33. The van der Waals surface area contributed by atoms with Crippen LogP contribution in [0.1, 0.15) is 23.7 Å². The van der Waals surface area contributed by atoms with Crippen molar-refractivity contribution in [1.82, 2.24) is 10.6 Å². The third-order valence-corrected chi connectivity index (χ3v) is 4.76. The SMILES string of the molecule is CCCNC(=O)[C@H]1CN(C(=O)CNC(=O)c2ccccc2Cl)c2ccccc2O1. The smallest absolute Gasteiger partial charge is 0.262 e. The van der Waals surface area contributed by atoms with Crippen molar-refractivity contribution in [2.24, 2.45) is 0 Å². The van der Waals surface area contributed by atoms with E-state index in [1.165, 1.54) is 4.90 Å². The highest BCUT2D eigenvalue weighted by molar-refractivity contribution is 6.33. The molecule has 1 aliphatic heterocycles. The predicted octanol–water partition coefficient (Wildman–Crippen LogP) is 2.39. The van der Waals surface area contributed by atoms with Gasteiger partial charge in [0.25, 0.3) is 11.8 Å². The van der Waals surface area contributed by atoms with Gasteiger partial charge in [-0.2, -0.15) is 0 Å². The van der Waals surface area contributed by atoms with Crippen LogP contribution in [0.15, 0.2) is 48.5 Å². The monoisotopic (exact) mass is 415 g/mol. The van der Waals surface area contributed by atoms with Gasteiger partial charge in [-0.1, -0.05) is 42.8 Å². The lowest BCUT2D eigenvalue weighted by atomic mass is 10.1. The van der Waals surface area contributed by atoms with Gasteiger partial charge in [0.15, 0.2) is 6.10 Å². The molecule has 2 N–H and O–H groups in total. The Morgan fingerprint density at radius 1 is 1.10 bits per heavy atom. The zero-order valence-corrected chi connectivity index (χ0v) is 16.7. The highest BCUT2D eigenvalue weighted by Gasteiger charge is 2.33. The van der Waals surface area contributed by atoms with Crippen molar-refractivity contribution in [2.45, 2.75) is 19.4 Å². The Kier molecular flexibility index (Phi) is 6.72. The number of anilines is 1. The average Bonchev–Trinajstić information content (AvgIpc) is 2.75. The van der Waals surface area contributed by atoms with E-state index in [0.29, 0.717) is 28.6 Å². The van der Waals surface area contributed by atoms with Crippen molar-refractivity contribution >= 4 is 35.0 Å². The highest BCUT2D eigenvalue weighted by atomic mass is 35.5. The van der Waals surface area contributed by atoms with E-state index >= 15 is 0 Å². The van der Waals surface area contributed by atoms with Gasteiger partial charge in [0, 0.05) is 6.54 Å². The molecule has 1 atom stereocenters. The van der Waals surface area contributed by atoms with Gasteiger partial charge in [0.2, 0.25) is 5.91 Å². The first-order valence-corrected chi connectivity index (χ1v) is 9.75. The fourth-order valence-electron chi connectivity index (χ4n) is 2.96. The molecule has 0 saturated heterocycles. The van der Waals surface area contributed by atoms with Crippen molar-refractivity contribution in [3.05, 3.63) is 59.1 Å². The maximum absolute atomic E-state index is 12.9. The molecular weight excluding hydrogens is 394 g/mol. The van der Waals surface area contributed by atoms with Crippen LogP contribution in [0.4, 0.5) is 5.69 Å². The minimum atomic E-state index is -0.820. The van der Waals surface area contributed by atoms with E-state index in [9.17, 15) is 14.4 Å². The van der Waals surface area contributed by atoms with Gasteiger partial charge in [0.1, 0.15) is 5.75 Å². The number of hydrogen-bond acceptors (Lipinski definition) is 4. The van der Waals surface area contributed by atoms with E-state index in [0.717, 1.165) is 6.42 Å². The van der Waals surface area contributed by atoms with Crippen LogP contribution in [0.5, 0.6) is 5.75 Å². The summed E-state index contributed by atoms with van der Waals surface area (Å²) < 4.78 is 5.77. The van der Waals surface area contributed by atoms with Crippen LogP contribution in [0.2, 0.25) is 5.02 Å². The zero-order chi connectivity index (χ0) is 20.8. The van der Waals surface area contributed by atoms with Crippen LogP contribution in [0.25, 0.3) is 0 Å². The molecule has 3 rings (SSSR count). The molecule has 0 saturated carbocycles. The third-order valence-electron chi connectivity index (χ3n) is 4.44. The van der Waals surface area contributed by atoms with Crippen molar-refractivity contribution in [3.63, 3.8) is 0 Å². The molecule has 0 spiro atoms. The molecule has 8 heteroatoms. The average molecular weight is 416 g/mol. The number of rotatable bonds is 6. The summed E-state index contributed by atoms with van der Waals surface area (Å²) in [5, 5.41) is 5.68. The van der Waals surface area contributed by atoms with E-state index in [2.05, 4.69) is 10.6 Å². The number of nitrogens with one attached hydrogen (secondary N) is 2. The molecule has 0 unspecified atom stereocenters. The number of nitrogens with zero attached hydrogens (tertiary/aromatic N) is 1. The largest absolute Gasteiger partial charge is 0.477 e. The van der Waals surface area contributed by atoms with Crippen molar-refractivity contribution in [3.8, 4) is 5.75 Å². The fraction of sp³-hybridized carbons (Fsp3) is 0.286. The Morgan fingerprint density at radius 2 is 1.83 bits per heavy atom. The second-order valence-electron chi connectivity index (χ2n) is 6.53. The number of carbonyl (C=O) groups excluding carboxylic acids is 3. The maximum atomic E-state index is 12.9. The Bertz CT molecular complexity index is 918. The summed E-state index contributed by atoms with van der Waals surface area (Å²) >= 11 is 6.03. The van der Waals surface area contributed by atoms with E-state index < -0.39 is 12.0 Å². The molecule has 0 radical (unpaired) electrons. The lowest BCUT2D eigenvalue weighted by Gasteiger charge is -2.34. The predicted molar refractivity (Wildman–Crippen MR) is 110 cm³/mol. The van der Waals surface area contributed by atoms with E-state index in [4.69, 9.17) is 16.3 Å². The molecule has 7 nitrogen and oxygen atoms in total. The van der Waals surface area contributed by atoms with Crippen LogP contribution < -0.4 is 20.3 Å². The lowest BCUT2D eigenvalue weighted by molar-refractivity contribution is -0.128. The van der Waals surface area contributed by atoms with Crippen LogP contribution in [0, 0.1) is 0 Å².